The molecule has 16 heteroatoms. The van der Waals surface area contributed by atoms with Gasteiger partial charge >= 0.3 is 0 Å². The summed E-state index contributed by atoms with van der Waals surface area (Å²) in [7, 11) is -4.54. The number of pyridine rings is 1. The zero-order valence-electron chi connectivity index (χ0n) is 31.3. The largest absolute Gasteiger partial charge is 0.455 e. The van der Waals surface area contributed by atoms with Crippen LogP contribution in [0.3, 0.4) is 0 Å². The Bertz CT molecular complexity index is 2390. The summed E-state index contributed by atoms with van der Waals surface area (Å²) in [6.45, 7) is 4.93. The fraction of sp³-hybridized carbons (Fsp3) is 0.366. The van der Waals surface area contributed by atoms with E-state index in [1.54, 1.807) is 30.5 Å². The summed E-state index contributed by atoms with van der Waals surface area (Å²) in [5.74, 6) is -0.167. The second-order valence-electron chi connectivity index (χ2n) is 14.8. The Morgan fingerprint density at radius 2 is 1.84 bits per heavy atom. The highest BCUT2D eigenvalue weighted by molar-refractivity contribution is 9.10. The van der Waals surface area contributed by atoms with Gasteiger partial charge in [0.25, 0.3) is 21.6 Å². The lowest BCUT2D eigenvalue weighted by Crippen LogP contribution is -2.47. The number of nitro benzene ring substituents is 1. The molecule has 1 atom stereocenters. The number of nitrogens with one attached hydrogen (secondary N) is 3. The highest BCUT2D eigenvalue weighted by Crippen LogP contribution is 2.38. The molecule has 0 saturated carbocycles. The van der Waals surface area contributed by atoms with Crippen molar-refractivity contribution >= 4 is 60.0 Å². The number of nitro groups is 1. The number of rotatable bonds is 11. The molecule has 57 heavy (non-hydrogen) atoms. The number of carbonyl (C=O) groups excluding carboxylic acids is 1. The average molecular weight is 859 g/mol. The Balaban J connectivity index is 1.02. The fourth-order valence-electron chi connectivity index (χ4n) is 8.12. The average Bonchev–Trinajstić information content (AvgIpc) is 3.58. The number of piperazine rings is 1. The first kappa shape index (κ1) is 38.8. The highest BCUT2D eigenvalue weighted by atomic mass is 79.9. The zero-order chi connectivity index (χ0) is 39.5. The fourth-order valence-corrected chi connectivity index (χ4v) is 9.69. The van der Waals surface area contributed by atoms with Crippen LogP contribution in [-0.2, 0) is 21.2 Å². The monoisotopic (exact) mass is 857 g/mol. The molecule has 2 aromatic heterocycles. The van der Waals surface area contributed by atoms with Gasteiger partial charge in [-0.3, -0.25) is 19.8 Å². The lowest BCUT2D eigenvalue weighted by Gasteiger charge is -2.40. The van der Waals surface area contributed by atoms with Gasteiger partial charge in [-0.2, -0.15) is 0 Å². The SMILES string of the molecule is O=C(NS(=O)(=O)c1ccc(NCC2CCOCC2)c([N+](=O)[O-])c1)c1ccc(N2CCN([C@H]3CCCCc4c(Br)cccc43)CC2)cc1Oc1cnc2[nH]ccc2c1. The Morgan fingerprint density at radius 1 is 1.02 bits per heavy atom. The molecular formula is C41H44BrN7O7S. The van der Waals surface area contributed by atoms with E-state index in [0.29, 0.717) is 37.2 Å². The van der Waals surface area contributed by atoms with Crippen molar-refractivity contribution in [1.82, 2.24) is 19.6 Å². The van der Waals surface area contributed by atoms with Crippen LogP contribution in [0.1, 0.15) is 59.6 Å². The minimum atomic E-state index is -4.54. The molecule has 2 saturated heterocycles. The summed E-state index contributed by atoms with van der Waals surface area (Å²) in [6, 6.07) is 19.1. The van der Waals surface area contributed by atoms with Crippen molar-refractivity contribution in [3.63, 3.8) is 0 Å². The summed E-state index contributed by atoms with van der Waals surface area (Å²) >= 11 is 3.78. The number of hydrogen-bond acceptors (Lipinski definition) is 11. The second kappa shape index (κ2) is 16.8. The van der Waals surface area contributed by atoms with Crippen LogP contribution in [0.2, 0.25) is 0 Å². The predicted molar refractivity (Wildman–Crippen MR) is 221 cm³/mol. The van der Waals surface area contributed by atoms with Gasteiger partial charge in [-0.25, -0.2) is 18.1 Å². The van der Waals surface area contributed by atoms with Crippen LogP contribution in [0.25, 0.3) is 11.0 Å². The molecule has 4 heterocycles. The van der Waals surface area contributed by atoms with Gasteiger partial charge in [0.2, 0.25) is 0 Å². The minimum absolute atomic E-state index is 0.0278. The molecular weight excluding hydrogens is 814 g/mol. The number of aromatic amines is 1. The molecule has 1 aliphatic carbocycles. The number of fused-ring (bicyclic) bond motifs is 2. The molecule has 2 aliphatic heterocycles. The van der Waals surface area contributed by atoms with Crippen molar-refractivity contribution in [3.05, 3.63) is 110 Å². The Labute approximate surface area is 339 Å². The smallest absolute Gasteiger partial charge is 0.293 e. The number of halogens is 1. The van der Waals surface area contributed by atoms with E-state index in [4.69, 9.17) is 9.47 Å². The van der Waals surface area contributed by atoms with E-state index in [1.807, 2.05) is 6.07 Å². The lowest BCUT2D eigenvalue weighted by molar-refractivity contribution is -0.384. The zero-order valence-corrected chi connectivity index (χ0v) is 33.7. The van der Waals surface area contributed by atoms with Crippen molar-refractivity contribution in [2.75, 3.05) is 56.2 Å². The number of aromatic nitrogens is 2. The number of anilines is 2. The maximum atomic E-state index is 13.9. The van der Waals surface area contributed by atoms with Crippen molar-refractivity contribution in [1.29, 1.82) is 0 Å². The predicted octanol–water partition coefficient (Wildman–Crippen LogP) is 7.57. The van der Waals surface area contributed by atoms with E-state index in [2.05, 4.69) is 63.9 Å². The third-order valence-electron chi connectivity index (χ3n) is 11.2. The van der Waals surface area contributed by atoms with Gasteiger partial charge in [-0.1, -0.05) is 34.5 Å². The molecule has 0 radical (unpaired) electrons. The number of hydrogen-bond donors (Lipinski definition) is 3. The van der Waals surface area contributed by atoms with E-state index in [0.717, 1.165) is 69.0 Å². The summed E-state index contributed by atoms with van der Waals surface area (Å²) in [5, 5.41) is 15.9. The molecule has 8 rings (SSSR count). The highest BCUT2D eigenvalue weighted by Gasteiger charge is 2.30. The maximum absolute atomic E-state index is 13.9. The van der Waals surface area contributed by atoms with Crippen molar-refractivity contribution in [2.24, 2.45) is 5.92 Å². The van der Waals surface area contributed by atoms with Gasteiger partial charge in [-0.15, -0.1) is 0 Å². The van der Waals surface area contributed by atoms with Crippen LogP contribution < -0.4 is 19.7 Å². The minimum Gasteiger partial charge on any atom is -0.455 e. The van der Waals surface area contributed by atoms with E-state index < -0.39 is 31.4 Å². The van der Waals surface area contributed by atoms with E-state index in [-0.39, 0.29) is 22.9 Å². The summed E-state index contributed by atoms with van der Waals surface area (Å²) in [5.41, 5.74) is 4.06. The molecule has 0 spiro atoms. The van der Waals surface area contributed by atoms with Gasteiger partial charge in [0.05, 0.1) is 21.6 Å². The normalized spacial score (nSPS) is 18.1. The first-order valence-corrected chi connectivity index (χ1v) is 21.6. The Hall–Kier alpha value is -5.03. The molecule has 14 nitrogen and oxygen atoms in total. The second-order valence-corrected chi connectivity index (χ2v) is 17.3. The summed E-state index contributed by atoms with van der Waals surface area (Å²) in [6.07, 6.45) is 9.47. The van der Waals surface area contributed by atoms with E-state index >= 15 is 0 Å². The molecule has 2 fully saturated rings. The number of H-pyrrole nitrogens is 1. The number of benzene rings is 3. The molecule has 3 aromatic carbocycles. The van der Waals surface area contributed by atoms with Gasteiger partial charge in [0.15, 0.2) is 0 Å². The number of amides is 1. The van der Waals surface area contributed by atoms with Crippen molar-refractivity contribution < 1.29 is 27.6 Å². The van der Waals surface area contributed by atoms with E-state index in [9.17, 15) is 23.3 Å². The first-order valence-electron chi connectivity index (χ1n) is 19.3. The molecule has 5 aromatic rings. The van der Waals surface area contributed by atoms with Crippen LogP contribution in [-0.4, -0.2) is 80.1 Å². The molecule has 3 N–H and O–H groups in total. The van der Waals surface area contributed by atoms with E-state index in [1.165, 1.54) is 46.8 Å². The van der Waals surface area contributed by atoms with Crippen LogP contribution >= 0.6 is 15.9 Å². The topological polar surface area (TPSA) is 172 Å². The number of nitrogens with zero attached hydrogens (tertiary/aromatic N) is 4. The molecule has 0 unspecified atom stereocenters. The third-order valence-corrected chi connectivity index (χ3v) is 13.3. The van der Waals surface area contributed by atoms with Crippen LogP contribution in [0.4, 0.5) is 17.1 Å². The third kappa shape index (κ3) is 8.64. The summed E-state index contributed by atoms with van der Waals surface area (Å²) < 4.78 is 42.3. The number of ether oxygens (including phenoxy) is 2. The standard InChI is InChI=1S/C41H44BrN7O7S/c42-35-6-3-5-33-32(35)4-1-2-7-37(33)48-18-16-47(17-19-48)29-8-10-34(39(23-29)56-30-22-28-12-15-43-40(28)45-26-30)41(50)46-57(53,54)31-9-11-36(38(24-31)49(51)52)44-25-27-13-20-55-21-14-27/h3,5-6,8-12,15,22-24,26-27,37,44H,1-2,4,7,13-14,16-21,25H2,(H,43,45)(H,46,50)/t37-/m0/s1. The maximum Gasteiger partial charge on any atom is 0.293 e. The molecule has 0 bridgehead atoms. The Kier molecular flexibility index (Phi) is 11.5. The van der Waals surface area contributed by atoms with Crippen LogP contribution in [0.5, 0.6) is 11.5 Å². The van der Waals surface area contributed by atoms with Gasteiger partial charge in [0.1, 0.15) is 22.8 Å². The van der Waals surface area contributed by atoms with Crippen molar-refractivity contribution in [3.8, 4) is 11.5 Å². The molecule has 3 aliphatic rings. The quantitative estimate of drug-likeness (QED) is 0.0680. The van der Waals surface area contributed by atoms with Gasteiger partial charge in [-0.05, 0) is 91.6 Å². The number of carbonyl (C=O) groups is 1. The molecule has 1 amide bonds. The first-order chi connectivity index (χ1) is 27.6. The van der Waals surface area contributed by atoms with Crippen molar-refractivity contribution in [2.45, 2.75) is 49.5 Å². The molecule has 298 valence electrons. The van der Waals surface area contributed by atoms with Crippen LogP contribution in [0, 0.1) is 16.0 Å². The van der Waals surface area contributed by atoms with Gasteiger partial charge < -0.3 is 24.7 Å². The summed E-state index contributed by atoms with van der Waals surface area (Å²) in [4.78, 5) is 37.1. The Morgan fingerprint density at radius 3 is 2.65 bits per heavy atom. The van der Waals surface area contributed by atoms with Gasteiger partial charge in [0, 0.05) is 85.9 Å². The number of sulfonamides is 1. The van der Waals surface area contributed by atoms with Crippen LogP contribution in [0.15, 0.2) is 88.5 Å². The lowest BCUT2D eigenvalue weighted by atomic mass is 9.97.